The van der Waals surface area contributed by atoms with Crippen LogP contribution in [0.25, 0.3) is 0 Å². The Kier molecular flexibility index (Phi) is 14.4. The summed E-state index contributed by atoms with van der Waals surface area (Å²) in [5, 5.41) is 26.7. The summed E-state index contributed by atoms with van der Waals surface area (Å²) in [5.74, 6) is -0.100. The number of carbonyl (C=O) groups is 1. The van der Waals surface area contributed by atoms with Crippen molar-refractivity contribution in [2.75, 3.05) is 14.2 Å². The van der Waals surface area contributed by atoms with Gasteiger partial charge in [0.25, 0.3) is 0 Å². The summed E-state index contributed by atoms with van der Waals surface area (Å²) < 4.78 is 0. The molecule has 0 saturated heterocycles. The molecule has 0 aliphatic heterocycles. The van der Waals surface area contributed by atoms with Crippen LogP contribution < -0.4 is 10.2 Å². The third-order valence-electron chi connectivity index (χ3n) is 8.15. The molecule has 0 bridgehead atoms. The molecule has 1 N–H and O–H groups in total. The standard InChI is InChI=1S/C20H16O2.C14H19.2CH3O.Ti/c21-19(22)20(16-10-4-1-5-11-16,17-12-6-2-7-13-17)18-14-8-3-9-15-18;1-10-11-6-2-4-8-13(11)14-9-5-3-7-12(10)14;2*1-2;/h1-15H,(H,21,22);6,10H,2-5,7-9H2,1H3;2*1H3;/q;3*-1;+3. The number of rotatable bonds is 4. The van der Waals surface area contributed by atoms with Gasteiger partial charge in [-0.1, -0.05) is 123 Å². The zero-order chi connectivity index (χ0) is 29.0. The second-order valence-electron chi connectivity index (χ2n) is 10.1. The molecule has 3 aliphatic carbocycles. The van der Waals surface area contributed by atoms with Crippen LogP contribution in [-0.4, -0.2) is 25.3 Å². The predicted molar refractivity (Wildman–Crippen MR) is 159 cm³/mol. The molecule has 41 heavy (non-hydrogen) atoms. The van der Waals surface area contributed by atoms with Gasteiger partial charge in [-0.05, 0) is 41.9 Å². The van der Waals surface area contributed by atoms with E-state index in [1.807, 2.05) is 91.0 Å². The summed E-state index contributed by atoms with van der Waals surface area (Å²) in [6.07, 6.45) is 12.2. The molecule has 0 aromatic heterocycles. The van der Waals surface area contributed by atoms with Crippen molar-refractivity contribution in [1.82, 2.24) is 0 Å². The average molecular weight is 586 g/mol. The van der Waals surface area contributed by atoms with Crippen molar-refractivity contribution in [2.45, 2.75) is 57.3 Å². The first kappa shape index (κ1) is 34.3. The van der Waals surface area contributed by atoms with Gasteiger partial charge in [-0.2, -0.15) is 19.8 Å². The van der Waals surface area contributed by atoms with Gasteiger partial charge in [0.05, 0.1) is 0 Å². The van der Waals surface area contributed by atoms with Crippen LogP contribution >= 0.6 is 0 Å². The molecule has 0 amide bonds. The topological polar surface area (TPSA) is 83.4 Å². The molecule has 1 radical (unpaired) electrons. The Balaban J connectivity index is 0.000000267. The van der Waals surface area contributed by atoms with Gasteiger partial charge in [-0.3, -0.25) is 4.79 Å². The number of carboxylic acids is 1. The van der Waals surface area contributed by atoms with Gasteiger partial charge < -0.3 is 15.3 Å². The third-order valence-corrected chi connectivity index (χ3v) is 8.15. The minimum Gasteiger partial charge on any atom is -0.857 e. The van der Waals surface area contributed by atoms with Gasteiger partial charge >= 0.3 is 27.7 Å². The first-order valence-electron chi connectivity index (χ1n) is 14.1. The Morgan fingerprint density at radius 3 is 1.56 bits per heavy atom. The summed E-state index contributed by atoms with van der Waals surface area (Å²) in [4.78, 5) is 12.4. The molecule has 6 rings (SSSR count). The normalized spacial score (nSPS) is 17.0. The Morgan fingerprint density at radius 1 is 0.707 bits per heavy atom. The maximum atomic E-state index is 12.4. The molecule has 213 valence electrons. The average Bonchev–Trinajstić information content (AvgIpc) is 3.33. The van der Waals surface area contributed by atoms with Crippen molar-refractivity contribution in [3.63, 3.8) is 0 Å². The van der Waals surface area contributed by atoms with Crippen LogP contribution in [0.15, 0.2) is 113 Å². The second kappa shape index (κ2) is 17.2. The van der Waals surface area contributed by atoms with Crippen molar-refractivity contribution < 1.29 is 41.8 Å². The molecule has 5 heteroatoms. The third kappa shape index (κ3) is 7.31. The fraction of sp³-hybridized carbons (Fsp3) is 0.333. The minimum atomic E-state index is -1.20. The van der Waals surface area contributed by atoms with E-state index in [0.717, 1.165) is 36.8 Å². The molecule has 1 atom stereocenters. The molecule has 0 heterocycles. The smallest absolute Gasteiger partial charge is 0.857 e. The van der Waals surface area contributed by atoms with Gasteiger partial charge in [-0.25, -0.2) is 12.0 Å². The molecule has 0 saturated carbocycles. The van der Waals surface area contributed by atoms with E-state index in [1.54, 1.807) is 22.3 Å². The van der Waals surface area contributed by atoms with Crippen LogP contribution in [0.3, 0.4) is 0 Å². The predicted octanol–water partition coefficient (Wildman–Crippen LogP) is 6.25. The molecule has 1 unspecified atom stereocenters. The number of allylic oxidation sites excluding steroid dienone is 4. The van der Waals surface area contributed by atoms with Gasteiger partial charge in [-0.15, -0.1) is 12.0 Å². The van der Waals surface area contributed by atoms with Gasteiger partial charge in [0.1, 0.15) is 5.41 Å². The Hall–Kier alpha value is -2.89. The maximum absolute atomic E-state index is 12.4. The maximum Gasteiger partial charge on any atom is 3.00 e. The number of benzene rings is 3. The number of carboxylic acid groups (broad SMARTS) is 1. The summed E-state index contributed by atoms with van der Waals surface area (Å²) in [5.41, 5.74) is 8.11. The van der Waals surface area contributed by atoms with Gasteiger partial charge in [0.15, 0.2) is 0 Å². The monoisotopic (exact) mass is 585 g/mol. The summed E-state index contributed by atoms with van der Waals surface area (Å²) in [6, 6.07) is 28.1. The van der Waals surface area contributed by atoms with Crippen LogP contribution in [0.4, 0.5) is 0 Å². The van der Waals surface area contributed by atoms with Crippen LogP contribution in [0.5, 0.6) is 0 Å². The van der Waals surface area contributed by atoms with Crippen LogP contribution in [-0.2, 0) is 31.9 Å². The van der Waals surface area contributed by atoms with Gasteiger partial charge in [0, 0.05) is 0 Å². The number of hydrogen-bond donors (Lipinski definition) is 1. The van der Waals surface area contributed by atoms with Gasteiger partial charge in [0.2, 0.25) is 0 Å². The summed E-state index contributed by atoms with van der Waals surface area (Å²) in [7, 11) is 1.50. The van der Waals surface area contributed by atoms with Crippen LogP contribution in [0, 0.1) is 12.3 Å². The van der Waals surface area contributed by atoms with E-state index in [4.69, 9.17) is 10.2 Å². The fourth-order valence-electron chi connectivity index (χ4n) is 6.44. The molecule has 4 nitrogen and oxygen atoms in total. The zero-order valence-corrected chi connectivity index (χ0v) is 26.0. The first-order valence-corrected chi connectivity index (χ1v) is 14.1. The quantitative estimate of drug-likeness (QED) is 0.223. The molecule has 0 spiro atoms. The molecule has 3 aromatic rings. The molecule has 3 aromatic carbocycles. The van der Waals surface area contributed by atoms with Crippen molar-refractivity contribution in [2.24, 2.45) is 5.92 Å². The van der Waals surface area contributed by atoms with E-state index in [2.05, 4.69) is 13.3 Å². The van der Waals surface area contributed by atoms with E-state index in [1.165, 1.54) is 44.9 Å². The van der Waals surface area contributed by atoms with Crippen LogP contribution in [0.1, 0.15) is 68.6 Å². The van der Waals surface area contributed by atoms with Crippen molar-refractivity contribution in [3.8, 4) is 0 Å². The van der Waals surface area contributed by atoms with E-state index in [0.29, 0.717) is 0 Å². The summed E-state index contributed by atoms with van der Waals surface area (Å²) >= 11 is 0. The molecule has 3 aliphatic rings. The number of fused-ring (bicyclic) bond motifs is 1. The number of hydrogen-bond acceptors (Lipinski definition) is 3. The van der Waals surface area contributed by atoms with Crippen molar-refractivity contribution in [1.29, 1.82) is 0 Å². The van der Waals surface area contributed by atoms with Crippen molar-refractivity contribution in [3.05, 3.63) is 136 Å². The second-order valence-corrected chi connectivity index (χ2v) is 10.1. The Labute approximate surface area is 260 Å². The Morgan fingerprint density at radius 2 is 1.12 bits per heavy atom. The largest absolute Gasteiger partial charge is 3.00 e. The SMILES string of the molecule is CC1C2=C(CCC[CH-]2)C2=C1CCCC2.C[O-].C[O-].O=C(O)C(c1ccccc1)(c1ccccc1)c1ccccc1.[Ti+3]. The zero-order valence-electron chi connectivity index (χ0n) is 24.4. The van der Waals surface area contributed by atoms with E-state index < -0.39 is 11.4 Å². The van der Waals surface area contributed by atoms with E-state index >= 15 is 0 Å². The first-order chi connectivity index (χ1) is 19.6. The molecular formula is C36H41O4Ti. The van der Waals surface area contributed by atoms with E-state index in [-0.39, 0.29) is 21.7 Å². The Bertz CT molecular complexity index is 1140. The van der Waals surface area contributed by atoms with Crippen LogP contribution in [0.2, 0.25) is 0 Å². The van der Waals surface area contributed by atoms with Crippen molar-refractivity contribution >= 4 is 5.97 Å². The summed E-state index contributed by atoms with van der Waals surface area (Å²) in [6.45, 7) is 2.42. The van der Waals surface area contributed by atoms with E-state index in [9.17, 15) is 9.90 Å². The molecular weight excluding hydrogens is 544 g/mol. The fourth-order valence-corrected chi connectivity index (χ4v) is 6.44. The number of aliphatic carboxylic acids is 1. The molecule has 0 fully saturated rings. The minimum absolute atomic E-state index is 0.